The normalized spacial score (nSPS) is 16.8. The van der Waals surface area contributed by atoms with Gasteiger partial charge in [-0.3, -0.25) is 14.3 Å². The third-order valence-electron chi connectivity index (χ3n) is 10.1. The minimum absolute atomic E-state index is 0.357. The molecule has 8 rings (SSSR count). The van der Waals surface area contributed by atoms with Crippen molar-refractivity contribution in [3.05, 3.63) is 75.0 Å². The van der Waals surface area contributed by atoms with Crippen LogP contribution in [-0.2, 0) is 63.5 Å². The van der Waals surface area contributed by atoms with Crippen LogP contribution in [0.1, 0.15) is 63.7 Å². The quantitative estimate of drug-likeness (QED) is 0.192. The second-order valence-electron chi connectivity index (χ2n) is 13.4. The first-order valence-electron chi connectivity index (χ1n) is 17.1. The highest BCUT2D eigenvalue weighted by Gasteiger charge is 2.30. The molecule has 3 aliphatic rings. The maximum absolute atomic E-state index is 13.4. The van der Waals surface area contributed by atoms with Crippen LogP contribution in [0.2, 0.25) is 5.02 Å². The first-order valence-corrected chi connectivity index (χ1v) is 18.5. The molecule has 49 heavy (non-hydrogen) atoms. The summed E-state index contributed by atoms with van der Waals surface area (Å²) in [5, 5.41) is 15.3. The van der Waals surface area contributed by atoms with Crippen LogP contribution in [0, 0.1) is 0 Å². The maximum atomic E-state index is 13.4. The van der Waals surface area contributed by atoms with Gasteiger partial charge in [-0.1, -0.05) is 17.7 Å². The molecule has 0 spiro atoms. The van der Waals surface area contributed by atoms with E-state index in [4.69, 9.17) is 31.3 Å². The lowest BCUT2D eigenvalue weighted by Crippen LogP contribution is -2.19. The Morgan fingerprint density at radius 2 is 1.90 bits per heavy atom. The van der Waals surface area contributed by atoms with Crippen molar-refractivity contribution in [1.82, 2.24) is 29.0 Å². The molecule has 0 saturated carbocycles. The SMILES string of the molecule is COC(=O)c1c2c3ccc(Cl)c(c3n1C)-c1c(nn3c1CCC3)CN(C)Cc1cc(n(C)n1)CSc1cc3c(c(c1)OCCC2)NCCC3. The average molecular weight is 700 g/mol. The number of aromatic nitrogens is 5. The number of nitrogens with one attached hydrogen (secondary N) is 1. The van der Waals surface area contributed by atoms with Crippen LogP contribution in [0.15, 0.2) is 35.2 Å². The third-order valence-corrected chi connectivity index (χ3v) is 11.5. The second kappa shape index (κ2) is 13.1. The summed E-state index contributed by atoms with van der Waals surface area (Å²) in [6.07, 6.45) is 5.48. The van der Waals surface area contributed by atoms with E-state index in [1.54, 1.807) is 0 Å². The number of halogens is 1. The Labute approximate surface area is 295 Å². The zero-order valence-corrected chi connectivity index (χ0v) is 30.1. The number of anilines is 1. The van der Waals surface area contributed by atoms with Crippen molar-refractivity contribution in [2.45, 2.75) is 68.8 Å². The largest absolute Gasteiger partial charge is 0.491 e. The van der Waals surface area contributed by atoms with Gasteiger partial charge < -0.3 is 19.4 Å². The van der Waals surface area contributed by atoms with Crippen LogP contribution >= 0.6 is 23.4 Å². The van der Waals surface area contributed by atoms with Gasteiger partial charge in [0.15, 0.2) is 0 Å². The molecule has 3 aliphatic heterocycles. The molecule has 0 unspecified atom stereocenters. The van der Waals surface area contributed by atoms with Crippen molar-refractivity contribution in [3.63, 3.8) is 0 Å². The van der Waals surface area contributed by atoms with E-state index in [-0.39, 0.29) is 5.97 Å². The van der Waals surface area contributed by atoms with E-state index in [0.29, 0.717) is 36.8 Å². The molecule has 0 saturated heterocycles. The van der Waals surface area contributed by atoms with Crippen LogP contribution in [0.25, 0.3) is 22.0 Å². The summed E-state index contributed by atoms with van der Waals surface area (Å²) in [7, 11) is 7.54. The summed E-state index contributed by atoms with van der Waals surface area (Å²) in [4.78, 5) is 16.9. The van der Waals surface area contributed by atoms with Gasteiger partial charge in [0.2, 0.25) is 0 Å². The number of ether oxygens (including phenoxy) is 2. The van der Waals surface area contributed by atoms with Gasteiger partial charge in [0.1, 0.15) is 11.4 Å². The summed E-state index contributed by atoms with van der Waals surface area (Å²) >= 11 is 8.97. The Balaban J connectivity index is 1.27. The number of fused-ring (bicyclic) bond motifs is 10. The van der Waals surface area contributed by atoms with E-state index in [1.165, 1.54) is 29.0 Å². The van der Waals surface area contributed by atoms with Crippen molar-refractivity contribution in [3.8, 4) is 16.9 Å². The van der Waals surface area contributed by atoms with Gasteiger partial charge >= 0.3 is 5.97 Å². The minimum Gasteiger partial charge on any atom is -0.491 e. The molecule has 8 bridgehead atoms. The van der Waals surface area contributed by atoms with E-state index in [2.05, 4.69) is 46.2 Å². The number of rotatable bonds is 1. The van der Waals surface area contributed by atoms with Gasteiger partial charge in [-0.25, -0.2) is 4.79 Å². The van der Waals surface area contributed by atoms with Crippen molar-refractivity contribution in [2.75, 3.05) is 32.6 Å². The number of carbonyl (C=O) groups is 1. The Hall–Kier alpha value is -3.93. The highest BCUT2D eigenvalue weighted by Crippen LogP contribution is 2.44. The highest BCUT2D eigenvalue weighted by molar-refractivity contribution is 7.98. The molecule has 5 aromatic rings. The Kier molecular flexibility index (Phi) is 8.62. The first kappa shape index (κ1) is 32.3. The van der Waals surface area contributed by atoms with Crippen LogP contribution in [-0.4, -0.2) is 62.3 Å². The third kappa shape index (κ3) is 5.79. The van der Waals surface area contributed by atoms with Gasteiger partial charge in [0.05, 0.1) is 41.3 Å². The van der Waals surface area contributed by atoms with Crippen LogP contribution in [0.5, 0.6) is 5.75 Å². The lowest BCUT2D eigenvalue weighted by Gasteiger charge is -2.22. The number of nitrogens with zero attached hydrogens (tertiary/aromatic N) is 6. The number of benzene rings is 2. The number of hydrogen-bond acceptors (Lipinski definition) is 8. The molecule has 0 fully saturated rings. The number of hydrogen-bond donors (Lipinski definition) is 1. The lowest BCUT2D eigenvalue weighted by molar-refractivity contribution is 0.0589. The molecule has 0 atom stereocenters. The summed E-state index contributed by atoms with van der Waals surface area (Å²) in [6, 6.07) is 10.7. The molecule has 0 amide bonds. The molecule has 2 aromatic carbocycles. The van der Waals surface area contributed by atoms with E-state index in [9.17, 15) is 4.79 Å². The number of aryl methyl sites for hydroxylation is 5. The van der Waals surface area contributed by atoms with E-state index in [0.717, 1.165) is 101 Å². The number of esters is 1. The fourth-order valence-electron chi connectivity index (χ4n) is 7.93. The zero-order chi connectivity index (χ0) is 33.8. The zero-order valence-electron chi connectivity index (χ0n) is 28.6. The van der Waals surface area contributed by atoms with Gasteiger partial charge in [-0.05, 0) is 81.0 Å². The number of carbonyl (C=O) groups excluding carboxylic acids is 1. The lowest BCUT2D eigenvalue weighted by atomic mass is 9.97. The molecule has 0 aliphatic carbocycles. The first-order chi connectivity index (χ1) is 23.8. The van der Waals surface area contributed by atoms with Crippen molar-refractivity contribution >= 4 is 45.9 Å². The predicted molar refractivity (Wildman–Crippen MR) is 194 cm³/mol. The molecule has 3 aromatic heterocycles. The van der Waals surface area contributed by atoms with E-state index < -0.39 is 0 Å². The number of thioether (sulfide) groups is 1. The Morgan fingerprint density at radius 1 is 1.02 bits per heavy atom. The molecule has 6 heterocycles. The van der Waals surface area contributed by atoms with Crippen LogP contribution in [0.4, 0.5) is 5.69 Å². The molecule has 256 valence electrons. The standard InChI is InChI=1S/C37H42ClN7O3S/c1-42-19-23-17-24(44(3)40-23)21-49-25-16-22-8-5-13-39-34(22)31(18-25)48-15-7-9-26-27-11-12-28(38)32(35(27)43(2)36(26)37(46)47-4)33-29(20-42)41-45-14-6-10-30(33)45/h11-12,16-18,39H,5-10,13-15,19-21H2,1-4H3. The fraction of sp³-hybridized carbons (Fsp3) is 0.432. The second-order valence-corrected chi connectivity index (χ2v) is 14.9. The summed E-state index contributed by atoms with van der Waals surface area (Å²) in [5.74, 6) is 1.34. The molecule has 10 nitrogen and oxygen atoms in total. The summed E-state index contributed by atoms with van der Waals surface area (Å²) < 4.78 is 18.0. The van der Waals surface area contributed by atoms with Crippen molar-refractivity contribution in [2.24, 2.45) is 14.1 Å². The van der Waals surface area contributed by atoms with Gasteiger partial charge in [-0.15, -0.1) is 11.8 Å². The predicted octanol–water partition coefficient (Wildman–Crippen LogP) is 6.77. The van der Waals surface area contributed by atoms with E-state index in [1.807, 2.05) is 41.2 Å². The Morgan fingerprint density at radius 3 is 2.76 bits per heavy atom. The van der Waals surface area contributed by atoms with Crippen LogP contribution < -0.4 is 10.1 Å². The van der Waals surface area contributed by atoms with Crippen LogP contribution in [0.3, 0.4) is 0 Å². The highest BCUT2D eigenvalue weighted by atomic mass is 35.5. The minimum atomic E-state index is -0.357. The number of methoxy groups -OCH3 is 1. The average Bonchev–Trinajstić information content (AvgIpc) is 3.83. The monoisotopic (exact) mass is 699 g/mol. The van der Waals surface area contributed by atoms with Crippen molar-refractivity contribution < 1.29 is 14.3 Å². The molecular weight excluding hydrogens is 658 g/mol. The summed E-state index contributed by atoms with van der Waals surface area (Å²) in [6.45, 7) is 3.65. The van der Waals surface area contributed by atoms with Crippen molar-refractivity contribution in [1.29, 1.82) is 0 Å². The topological polar surface area (TPSA) is 91.4 Å². The van der Waals surface area contributed by atoms with E-state index >= 15 is 0 Å². The maximum Gasteiger partial charge on any atom is 0.354 e. The Bertz CT molecular complexity index is 2100. The van der Waals surface area contributed by atoms with Gasteiger partial charge in [0.25, 0.3) is 0 Å². The molecular formula is C37H42ClN7O3S. The van der Waals surface area contributed by atoms with Gasteiger partial charge in [-0.2, -0.15) is 10.2 Å². The van der Waals surface area contributed by atoms with Gasteiger partial charge in [0, 0.05) is 78.8 Å². The molecule has 1 N–H and O–H groups in total. The molecule has 0 radical (unpaired) electrons. The smallest absolute Gasteiger partial charge is 0.354 e. The fourth-order valence-corrected chi connectivity index (χ4v) is 9.17. The summed E-state index contributed by atoms with van der Waals surface area (Å²) in [5.41, 5.74) is 11.2. The molecule has 12 heteroatoms.